The van der Waals surface area contributed by atoms with Crippen molar-refractivity contribution >= 4 is 77.0 Å². The highest BCUT2D eigenvalue weighted by atomic mass is 19.2. The molecule has 0 radical (unpaired) electrons. The van der Waals surface area contributed by atoms with E-state index in [1.165, 1.54) is 34.6 Å². The van der Waals surface area contributed by atoms with Gasteiger partial charge in [-0.15, -0.1) is 0 Å². The van der Waals surface area contributed by atoms with Crippen molar-refractivity contribution in [2.75, 3.05) is 65.8 Å². The third kappa shape index (κ3) is 37.4. The van der Waals surface area contributed by atoms with Gasteiger partial charge in [0.05, 0.1) is 12.2 Å². The van der Waals surface area contributed by atoms with Gasteiger partial charge in [-0.05, 0) is 108 Å². The zero-order valence-corrected chi connectivity index (χ0v) is 70.1. The number of rotatable bonds is 54. The number of carbonyl (C=O) groups is 13. The smallest absolute Gasteiger partial charge is 0.311 e. The summed E-state index contributed by atoms with van der Waals surface area (Å²) in [5.74, 6) is -20.4. The van der Waals surface area contributed by atoms with Crippen LogP contribution in [0.15, 0.2) is 0 Å². The Bertz CT molecular complexity index is 3250. The molecule has 117 heavy (non-hydrogen) atoms. The monoisotopic (exact) mass is 1670 g/mol. The summed E-state index contributed by atoms with van der Waals surface area (Å²) in [5.41, 5.74) is -1.51. The van der Waals surface area contributed by atoms with Crippen LogP contribution in [0.2, 0.25) is 0 Å². The van der Waals surface area contributed by atoms with E-state index >= 15 is 0 Å². The highest BCUT2D eigenvalue weighted by molar-refractivity contribution is 5.81. The Kier molecular flexibility index (Phi) is 46.3. The van der Waals surface area contributed by atoms with Gasteiger partial charge in [-0.25, -0.2) is 13.2 Å². The Morgan fingerprint density at radius 2 is 0.709 bits per heavy atom. The summed E-state index contributed by atoms with van der Waals surface area (Å²) < 4.78 is 132. The second kappa shape index (κ2) is 53.5. The molecule has 3 heterocycles. The van der Waals surface area contributed by atoms with Gasteiger partial charge in [0.2, 0.25) is 70.3 Å². The summed E-state index contributed by atoms with van der Waals surface area (Å²) in [5, 5.41) is 16.9. The lowest BCUT2D eigenvalue weighted by Crippen LogP contribution is -2.53. The molecule has 0 saturated carbocycles. The molecule has 3 aliphatic heterocycles. The first kappa shape index (κ1) is 101. The Morgan fingerprint density at radius 3 is 1.16 bits per heavy atom. The minimum Gasteiger partial charge on any atom is -0.463 e. The lowest BCUT2D eigenvalue weighted by molar-refractivity contribution is -0.273. The van der Waals surface area contributed by atoms with E-state index in [1.807, 2.05) is 41.5 Å². The van der Waals surface area contributed by atoms with Crippen LogP contribution in [0.1, 0.15) is 244 Å². The van der Waals surface area contributed by atoms with Gasteiger partial charge in [-0.3, -0.25) is 62.3 Å². The van der Waals surface area contributed by atoms with E-state index in [2.05, 4.69) is 43.6 Å². The largest absolute Gasteiger partial charge is 0.463 e. The summed E-state index contributed by atoms with van der Waals surface area (Å²) in [7, 11) is 0. The molecule has 3 saturated heterocycles. The minimum atomic E-state index is -2.48. The Labute approximate surface area is 683 Å². The van der Waals surface area contributed by atoms with Gasteiger partial charge in [-0.2, -0.15) is 8.78 Å². The van der Waals surface area contributed by atoms with Gasteiger partial charge >= 0.3 is 35.8 Å². The molecular formula is C82H127F5N6O24. The number of amides is 6. The van der Waals surface area contributed by atoms with Crippen LogP contribution in [0.5, 0.6) is 5.75 Å². The Morgan fingerprint density at radius 1 is 0.342 bits per heavy atom. The van der Waals surface area contributed by atoms with Gasteiger partial charge in [0, 0.05) is 168 Å². The average molecular weight is 1680 g/mol. The topological polar surface area (TPSA) is 396 Å². The fourth-order valence-electron chi connectivity index (χ4n) is 14.2. The molecule has 6 N–H and O–H groups in total. The molecule has 16 atom stereocenters. The number of halogens is 5. The zero-order chi connectivity index (χ0) is 86.9. The summed E-state index contributed by atoms with van der Waals surface area (Å²) in [4.78, 5) is 165. The third-order valence-corrected chi connectivity index (χ3v) is 21.9. The van der Waals surface area contributed by atoms with Gasteiger partial charge in [-0.1, -0.05) is 61.3 Å². The number of hydrogen-bond acceptors (Lipinski definition) is 24. The van der Waals surface area contributed by atoms with E-state index in [0.29, 0.717) is 77.2 Å². The van der Waals surface area contributed by atoms with E-state index in [-0.39, 0.29) is 188 Å². The highest BCUT2D eigenvalue weighted by Gasteiger charge is 2.47. The molecule has 0 aromatic heterocycles. The van der Waals surface area contributed by atoms with Crippen LogP contribution >= 0.6 is 0 Å². The molecule has 4 rings (SSSR count). The number of ether oxygens (including phenoxy) is 11. The molecule has 664 valence electrons. The summed E-state index contributed by atoms with van der Waals surface area (Å²) in [6.07, 6.45) is -0.191. The van der Waals surface area contributed by atoms with Crippen LogP contribution < -0.4 is 36.6 Å². The molecule has 3 aliphatic rings. The average Bonchev–Trinajstić information content (AvgIpc) is 0.810. The number of carbonyl (C=O) groups excluding carboxylic acids is 13. The first-order chi connectivity index (χ1) is 55.4. The second-order valence-corrected chi connectivity index (χ2v) is 31.1. The first-order valence-corrected chi connectivity index (χ1v) is 41.3. The molecule has 16 unspecified atom stereocenters. The van der Waals surface area contributed by atoms with Gasteiger partial charge in [0.25, 0.3) is 0 Å². The van der Waals surface area contributed by atoms with Gasteiger partial charge < -0.3 is 84.0 Å². The van der Waals surface area contributed by atoms with Crippen LogP contribution in [0.3, 0.4) is 0 Å². The quantitative estimate of drug-likeness (QED) is 0.00672. The molecular weight excluding hydrogens is 1550 g/mol. The van der Waals surface area contributed by atoms with Gasteiger partial charge in [0.15, 0.2) is 12.6 Å². The van der Waals surface area contributed by atoms with Crippen molar-refractivity contribution in [1.82, 2.24) is 31.9 Å². The second-order valence-electron chi connectivity index (χ2n) is 31.1. The van der Waals surface area contributed by atoms with Gasteiger partial charge in [0.1, 0.15) is 50.0 Å². The normalized spacial score (nSPS) is 23.5. The standard InChI is InChI=1S/C82H127F5N6O24/c1-48-49(2)62(45-109-55(8)94)115-80(53(48)6)107-43-20-17-28-65(100)89-39-23-41-91-68(103)33-36-82(93-70(105)30-22-31-71(106)117-79-75(86)73(84)72(83)74(85)76(79)87,35-32-67(102)88-38-19-16-26-60(99)25-14-13-15-27-61-50(3)51(4)77(112-58(11)97)63(114-61)46-110-56(9)95)37-34-69(104)92-42-24-40-90-66(101)29-18-21-44-108-81-54(7)52(5)78(113-59(12)98)64(116-81)47-111-57(10)96/h48-54,61-64,77-78,80-81H,13-47H2,1-12H3,(H,88,102)(H,89,100)(H,90,101)(H,91,103)(H,92,104)(H,93,105). The number of benzene rings is 1. The fraction of sp³-hybridized carbons (Fsp3) is 0.768. The Hall–Kier alpha value is -8.02. The van der Waals surface area contributed by atoms with Crippen molar-refractivity contribution < 1.29 is 136 Å². The number of hydrogen-bond donors (Lipinski definition) is 6. The predicted octanol–water partition coefficient (Wildman–Crippen LogP) is 9.30. The number of esters is 6. The van der Waals surface area contributed by atoms with E-state index in [4.69, 9.17) is 47.4 Å². The molecule has 0 bridgehead atoms. The number of unbranched alkanes of at least 4 members (excludes halogenated alkanes) is 5. The third-order valence-electron chi connectivity index (χ3n) is 21.9. The molecule has 0 spiro atoms. The summed E-state index contributed by atoms with van der Waals surface area (Å²) in [6.45, 7) is 21.6. The Balaban J connectivity index is 1.37. The maximum Gasteiger partial charge on any atom is 0.311 e. The van der Waals surface area contributed by atoms with Crippen molar-refractivity contribution in [2.45, 2.75) is 298 Å². The molecule has 35 heteroatoms. The van der Waals surface area contributed by atoms with E-state index in [1.54, 1.807) is 0 Å². The zero-order valence-electron chi connectivity index (χ0n) is 70.1. The molecule has 0 aliphatic carbocycles. The lowest BCUT2D eigenvalue weighted by atomic mass is 9.79. The number of Topliss-reactive ketones (excluding diaryl/α,β-unsaturated/α-hetero) is 1. The van der Waals surface area contributed by atoms with E-state index in [0.717, 1.165) is 12.8 Å². The van der Waals surface area contributed by atoms with Crippen LogP contribution in [-0.2, 0) is 110 Å². The summed E-state index contributed by atoms with van der Waals surface area (Å²) in [6, 6.07) is 0. The van der Waals surface area contributed by atoms with Crippen molar-refractivity contribution in [3.8, 4) is 5.75 Å². The molecule has 30 nitrogen and oxygen atoms in total. The van der Waals surface area contributed by atoms with Crippen LogP contribution in [-0.4, -0.2) is 198 Å². The van der Waals surface area contributed by atoms with E-state index in [9.17, 15) is 84.3 Å². The summed E-state index contributed by atoms with van der Waals surface area (Å²) >= 11 is 0. The van der Waals surface area contributed by atoms with Crippen molar-refractivity contribution in [3.63, 3.8) is 0 Å². The molecule has 1 aromatic rings. The maximum atomic E-state index is 14.4. The SMILES string of the molecule is CC(=O)OCC1OC(OCCCCC(=O)NCCCNC(=O)CCC(CCC(=O)NCCCCC(=O)CCCCCC2OC(COC(C)=O)C(OC(C)=O)C(C)C2C)(CCC(=O)NCCCNC(=O)CCCCOC2OC(COC(C)=O)C(OC(C)=O)C(C)C2C)NC(=O)CCCC(=O)Oc2c(F)c(F)c(F)c(F)c2F)C(C)C(C)C1C. The van der Waals surface area contributed by atoms with Crippen LogP contribution in [0, 0.1) is 70.5 Å². The number of ketones is 1. The van der Waals surface area contributed by atoms with Crippen LogP contribution in [0.4, 0.5) is 22.0 Å². The molecule has 3 fully saturated rings. The van der Waals surface area contributed by atoms with Crippen molar-refractivity contribution in [3.05, 3.63) is 29.1 Å². The minimum absolute atomic E-state index is 0.0256. The predicted molar refractivity (Wildman–Crippen MR) is 411 cm³/mol. The van der Waals surface area contributed by atoms with Crippen molar-refractivity contribution in [1.29, 1.82) is 0 Å². The molecule has 6 amide bonds. The molecule has 1 aromatic carbocycles. The maximum absolute atomic E-state index is 14.4. The number of nitrogens with one attached hydrogen (secondary N) is 6. The van der Waals surface area contributed by atoms with Crippen molar-refractivity contribution in [2.24, 2.45) is 41.4 Å². The first-order valence-electron chi connectivity index (χ1n) is 41.3. The lowest BCUT2D eigenvalue weighted by Gasteiger charge is -2.44. The van der Waals surface area contributed by atoms with Crippen LogP contribution in [0.25, 0.3) is 0 Å². The fourth-order valence-corrected chi connectivity index (χ4v) is 14.2. The van der Waals surface area contributed by atoms with E-state index < -0.39 is 156 Å². The highest BCUT2D eigenvalue weighted by Crippen LogP contribution is 2.39.